The quantitative estimate of drug-likeness (QED) is 0.545. The molecule has 8 nitrogen and oxygen atoms in total. The smallest absolute Gasteiger partial charge is 0.286 e. The highest BCUT2D eigenvalue weighted by Gasteiger charge is 2.20. The molecule has 0 unspecified atom stereocenters. The lowest BCUT2D eigenvalue weighted by Gasteiger charge is -2.35. The van der Waals surface area contributed by atoms with Crippen LogP contribution in [0.15, 0.2) is 24.3 Å². The van der Waals surface area contributed by atoms with Crippen molar-refractivity contribution in [2.24, 2.45) is 0 Å². The summed E-state index contributed by atoms with van der Waals surface area (Å²) in [6, 6.07) is 7.53. The van der Waals surface area contributed by atoms with E-state index in [9.17, 15) is 9.59 Å². The molecule has 1 fully saturated rings. The van der Waals surface area contributed by atoms with E-state index < -0.39 is 0 Å². The third-order valence-electron chi connectivity index (χ3n) is 5.46. The van der Waals surface area contributed by atoms with Crippen LogP contribution in [0.3, 0.4) is 0 Å². The van der Waals surface area contributed by atoms with Crippen molar-refractivity contribution < 1.29 is 14.3 Å². The van der Waals surface area contributed by atoms with Crippen LogP contribution in [0, 0.1) is 0 Å². The predicted octanol–water partition coefficient (Wildman–Crippen LogP) is 3.32. The number of carbonyl (C=O) groups excluding carboxylic acids is 2. The number of aromatic nitrogens is 2. The molecule has 0 bridgehead atoms. The number of benzene rings is 1. The number of amides is 2. The number of hydrogen-bond acceptors (Lipinski definition) is 7. The van der Waals surface area contributed by atoms with Crippen molar-refractivity contribution in [2.75, 3.05) is 32.1 Å². The lowest BCUT2D eigenvalue weighted by Crippen LogP contribution is -2.40. The number of rotatable bonds is 10. The summed E-state index contributed by atoms with van der Waals surface area (Å²) in [5.74, 6) is -0.433. The third kappa shape index (κ3) is 6.81. The fourth-order valence-electron chi connectivity index (χ4n) is 3.82. The highest BCUT2D eigenvalue weighted by molar-refractivity contribution is 7.13. The van der Waals surface area contributed by atoms with Crippen LogP contribution >= 0.6 is 11.3 Å². The van der Waals surface area contributed by atoms with Crippen molar-refractivity contribution in [1.82, 2.24) is 20.4 Å². The first kappa shape index (κ1) is 23.3. The van der Waals surface area contributed by atoms with E-state index in [0.29, 0.717) is 35.5 Å². The first-order valence-corrected chi connectivity index (χ1v) is 11.7. The van der Waals surface area contributed by atoms with Crippen LogP contribution in [0.4, 0.5) is 5.69 Å². The van der Waals surface area contributed by atoms with Crippen LogP contribution in [-0.2, 0) is 11.3 Å². The van der Waals surface area contributed by atoms with E-state index in [1.807, 2.05) is 0 Å². The van der Waals surface area contributed by atoms with Crippen molar-refractivity contribution in [3.05, 3.63) is 39.8 Å². The minimum atomic E-state index is -0.333. The maximum absolute atomic E-state index is 12.4. The number of anilines is 1. The SMILES string of the molecule is CC[C@@H]1CCCCN1CCCNC(=O)c1ccc(NC(=O)c2nnc(COC)s2)cc1. The second-order valence-corrected chi connectivity index (χ2v) is 8.73. The van der Waals surface area contributed by atoms with Crippen molar-refractivity contribution in [2.45, 2.75) is 51.7 Å². The third-order valence-corrected chi connectivity index (χ3v) is 6.36. The fourth-order valence-corrected chi connectivity index (χ4v) is 4.53. The number of piperidine rings is 1. The Kier molecular flexibility index (Phi) is 8.93. The standard InChI is InChI=1S/C22H31N5O3S/c1-3-18-7-4-5-13-27(18)14-6-12-23-20(28)16-8-10-17(11-9-16)24-21(29)22-26-25-19(31-22)15-30-2/h8-11,18H,3-7,12-15H2,1-2H3,(H,23,28)(H,24,29)/t18-/m1/s1. The Morgan fingerprint density at radius 1 is 1.19 bits per heavy atom. The Morgan fingerprint density at radius 2 is 2.00 bits per heavy atom. The molecule has 2 N–H and O–H groups in total. The minimum absolute atomic E-state index is 0.100. The summed E-state index contributed by atoms with van der Waals surface area (Å²) < 4.78 is 4.99. The van der Waals surface area contributed by atoms with Gasteiger partial charge in [-0.25, -0.2) is 0 Å². The van der Waals surface area contributed by atoms with Gasteiger partial charge in [-0.05, 0) is 56.5 Å². The van der Waals surface area contributed by atoms with Crippen LogP contribution in [0.5, 0.6) is 0 Å². The van der Waals surface area contributed by atoms with E-state index in [4.69, 9.17) is 4.74 Å². The molecule has 31 heavy (non-hydrogen) atoms. The Hall–Kier alpha value is -2.36. The molecule has 1 aromatic carbocycles. The average molecular weight is 446 g/mol. The molecule has 0 saturated carbocycles. The zero-order valence-electron chi connectivity index (χ0n) is 18.2. The molecular weight excluding hydrogens is 414 g/mol. The average Bonchev–Trinajstić information content (AvgIpc) is 3.26. The second kappa shape index (κ2) is 11.9. The van der Waals surface area contributed by atoms with E-state index >= 15 is 0 Å². The van der Waals surface area contributed by atoms with Crippen LogP contribution in [0.25, 0.3) is 0 Å². The number of hydrogen-bond donors (Lipinski definition) is 2. The summed E-state index contributed by atoms with van der Waals surface area (Å²) in [4.78, 5) is 27.2. The second-order valence-electron chi connectivity index (χ2n) is 7.67. The highest BCUT2D eigenvalue weighted by Crippen LogP contribution is 2.19. The molecular formula is C22H31N5O3S. The monoisotopic (exact) mass is 445 g/mol. The predicted molar refractivity (Wildman–Crippen MR) is 121 cm³/mol. The lowest BCUT2D eigenvalue weighted by atomic mass is 10.00. The zero-order valence-corrected chi connectivity index (χ0v) is 19.0. The summed E-state index contributed by atoms with van der Waals surface area (Å²) in [5.41, 5.74) is 1.17. The summed E-state index contributed by atoms with van der Waals surface area (Å²) in [7, 11) is 1.56. The summed E-state index contributed by atoms with van der Waals surface area (Å²) in [6.07, 6.45) is 6.04. The van der Waals surface area contributed by atoms with Gasteiger partial charge < -0.3 is 20.3 Å². The number of ether oxygens (including phenoxy) is 1. The number of likely N-dealkylation sites (tertiary alicyclic amines) is 1. The lowest BCUT2D eigenvalue weighted by molar-refractivity contribution is 0.0946. The van der Waals surface area contributed by atoms with E-state index in [0.717, 1.165) is 13.0 Å². The van der Waals surface area contributed by atoms with Gasteiger partial charge in [0, 0.05) is 37.5 Å². The number of carbonyl (C=O) groups is 2. The summed E-state index contributed by atoms with van der Waals surface area (Å²) >= 11 is 1.19. The topological polar surface area (TPSA) is 96.5 Å². The molecule has 2 amide bonds. The van der Waals surface area contributed by atoms with Gasteiger partial charge in [-0.2, -0.15) is 0 Å². The minimum Gasteiger partial charge on any atom is -0.377 e. The molecule has 1 saturated heterocycles. The Bertz CT molecular complexity index is 855. The highest BCUT2D eigenvalue weighted by atomic mass is 32.1. The van der Waals surface area contributed by atoms with Crippen molar-refractivity contribution in [1.29, 1.82) is 0 Å². The van der Waals surface area contributed by atoms with Crippen LogP contribution in [0.2, 0.25) is 0 Å². The van der Waals surface area contributed by atoms with Gasteiger partial charge in [0.25, 0.3) is 11.8 Å². The molecule has 1 aliphatic rings. The van der Waals surface area contributed by atoms with Gasteiger partial charge in [-0.1, -0.05) is 24.7 Å². The van der Waals surface area contributed by atoms with Crippen molar-refractivity contribution in [3.63, 3.8) is 0 Å². The summed E-state index contributed by atoms with van der Waals surface area (Å²) in [5, 5.41) is 14.5. The Labute approximate surface area is 187 Å². The molecule has 1 atom stereocenters. The van der Waals surface area contributed by atoms with E-state index in [2.05, 4.69) is 32.7 Å². The van der Waals surface area contributed by atoms with E-state index in [1.165, 1.54) is 43.6 Å². The van der Waals surface area contributed by atoms with Crippen LogP contribution < -0.4 is 10.6 Å². The van der Waals surface area contributed by atoms with Crippen molar-refractivity contribution in [3.8, 4) is 0 Å². The van der Waals surface area contributed by atoms with E-state index in [-0.39, 0.29) is 16.8 Å². The molecule has 3 rings (SSSR count). The molecule has 0 spiro atoms. The number of nitrogens with one attached hydrogen (secondary N) is 2. The number of nitrogens with zero attached hydrogens (tertiary/aromatic N) is 3. The molecule has 2 aromatic rings. The number of methoxy groups -OCH3 is 1. The molecule has 0 radical (unpaired) electrons. The van der Waals surface area contributed by atoms with Crippen LogP contribution in [0.1, 0.15) is 64.2 Å². The molecule has 1 aliphatic heterocycles. The van der Waals surface area contributed by atoms with E-state index in [1.54, 1.807) is 31.4 Å². The Morgan fingerprint density at radius 3 is 2.74 bits per heavy atom. The van der Waals surface area contributed by atoms with Crippen LogP contribution in [-0.4, -0.2) is 59.7 Å². The molecule has 2 heterocycles. The molecule has 1 aromatic heterocycles. The van der Waals surface area contributed by atoms with Gasteiger partial charge in [-0.15, -0.1) is 10.2 Å². The van der Waals surface area contributed by atoms with Crippen molar-refractivity contribution >= 4 is 28.8 Å². The zero-order chi connectivity index (χ0) is 22.1. The molecule has 0 aliphatic carbocycles. The maximum atomic E-state index is 12.4. The Balaban J connectivity index is 1.42. The first-order chi connectivity index (χ1) is 15.1. The molecule has 168 valence electrons. The fraction of sp³-hybridized carbons (Fsp3) is 0.545. The van der Waals surface area contributed by atoms with Gasteiger partial charge in [0.05, 0.1) is 6.61 Å². The largest absolute Gasteiger partial charge is 0.377 e. The summed E-state index contributed by atoms with van der Waals surface area (Å²) in [6.45, 7) is 5.44. The van der Waals surface area contributed by atoms with Gasteiger partial charge in [0.2, 0.25) is 5.01 Å². The van der Waals surface area contributed by atoms with Gasteiger partial charge in [0.1, 0.15) is 5.01 Å². The molecule has 9 heteroatoms. The first-order valence-electron chi connectivity index (χ1n) is 10.9. The normalized spacial score (nSPS) is 16.8. The van der Waals surface area contributed by atoms with Gasteiger partial charge >= 0.3 is 0 Å². The van der Waals surface area contributed by atoms with Gasteiger partial charge in [0.15, 0.2) is 0 Å². The van der Waals surface area contributed by atoms with Gasteiger partial charge in [-0.3, -0.25) is 9.59 Å². The maximum Gasteiger partial charge on any atom is 0.286 e.